The van der Waals surface area contributed by atoms with Crippen molar-refractivity contribution in [2.24, 2.45) is 0 Å². The average Bonchev–Trinajstić information content (AvgIpc) is 3.09. The van der Waals surface area contributed by atoms with Crippen molar-refractivity contribution >= 4 is 5.91 Å². The Morgan fingerprint density at radius 2 is 2.04 bits per heavy atom. The third kappa shape index (κ3) is 3.44. The zero-order valence-electron chi connectivity index (χ0n) is 13.6. The first kappa shape index (κ1) is 16.5. The van der Waals surface area contributed by atoms with Gasteiger partial charge in [-0.2, -0.15) is 0 Å². The molecular weight excluding hydrogens is 314 g/mol. The molecule has 1 heterocycles. The Labute approximate surface area is 139 Å². The number of halogens is 2. The van der Waals surface area contributed by atoms with Crippen LogP contribution in [0.2, 0.25) is 0 Å². The van der Waals surface area contributed by atoms with Gasteiger partial charge in [0.25, 0.3) is 5.91 Å². The maximum atomic E-state index is 13.9. The molecule has 0 unspecified atom stereocenters. The van der Waals surface area contributed by atoms with E-state index >= 15 is 0 Å². The second-order valence-corrected chi connectivity index (χ2v) is 6.22. The fraction of sp³-hybridized carbons (Fsp3) is 0.471. The zero-order valence-corrected chi connectivity index (χ0v) is 13.6. The highest BCUT2D eigenvalue weighted by Crippen LogP contribution is 2.27. The average molecular weight is 334 g/mol. The number of nitrogens with zero attached hydrogens (tertiary/aromatic N) is 3. The lowest BCUT2D eigenvalue weighted by atomic mass is 9.96. The van der Waals surface area contributed by atoms with Crippen molar-refractivity contribution in [3.63, 3.8) is 0 Å². The third-order valence-electron chi connectivity index (χ3n) is 4.50. The maximum absolute atomic E-state index is 13.9. The molecule has 5 nitrogen and oxygen atoms in total. The minimum absolute atomic E-state index is 0.150. The summed E-state index contributed by atoms with van der Waals surface area (Å²) in [5, 5.41) is 10.4. The van der Waals surface area contributed by atoms with Gasteiger partial charge < -0.3 is 5.32 Å². The SMILES string of the molecule is Cc1ccc(F)c(CNC(=O)c2cn(C3CCCCC3)nn2)c1F. The molecule has 1 aliphatic rings. The van der Waals surface area contributed by atoms with Gasteiger partial charge in [0.1, 0.15) is 11.6 Å². The van der Waals surface area contributed by atoms with E-state index in [0.29, 0.717) is 5.56 Å². The smallest absolute Gasteiger partial charge is 0.273 e. The molecule has 1 aliphatic carbocycles. The van der Waals surface area contributed by atoms with Gasteiger partial charge in [-0.15, -0.1) is 5.10 Å². The van der Waals surface area contributed by atoms with Crippen molar-refractivity contribution in [2.45, 2.75) is 51.6 Å². The van der Waals surface area contributed by atoms with Crippen LogP contribution >= 0.6 is 0 Å². The van der Waals surface area contributed by atoms with Crippen LogP contribution in [0, 0.1) is 18.6 Å². The molecule has 1 saturated carbocycles. The fourth-order valence-corrected chi connectivity index (χ4v) is 3.04. The van der Waals surface area contributed by atoms with Crippen LogP contribution in [0.25, 0.3) is 0 Å². The monoisotopic (exact) mass is 334 g/mol. The van der Waals surface area contributed by atoms with Crippen LogP contribution in [0.1, 0.15) is 59.8 Å². The van der Waals surface area contributed by atoms with Crippen LogP contribution in [-0.2, 0) is 6.54 Å². The lowest BCUT2D eigenvalue weighted by Gasteiger charge is -2.20. The van der Waals surface area contributed by atoms with Crippen molar-refractivity contribution < 1.29 is 13.6 Å². The zero-order chi connectivity index (χ0) is 17.1. The fourth-order valence-electron chi connectivity index (χ4n) is 3.04. The molecule has 2 aromatic rings. The van der Waals surface area contributed by atoms with Crippen molar-refractivity contribution in [1.29, 1.82) is 0 Å². The number of carbonyl (C=O) groups is 1. The molecule has 0 radical (unpaired) electrons. The van der Waals surface area contributed by atoms with E-state index in [0.717, 1.165) is 25.7 Å². The van der Waals surface area contributed by atoms with E-state index in [-0.39, 0.29) is 23.8 Å². The number of nitrogens with one attached hydrogen (secondary N) is 1. The molecule has 1 amide bonds. The molecule has 3 rings (SSSR count). The molecule has 1 aromatic heterocycles. The number of benzene rings is 1. The summed E-state index contributed by atoms with van der Waals surface area (Å²) < 4.78 is 29.4. The summed E-state index contributed by atoms with van der Waals surface area (Å²) in [6, 6.07) is 2.84. The topological polar surface area (TPSA) is 59.8 Å². The van der Waals surface area contributed by atoms with Gasteiger partial charge in [0, 0.05) is 12.1 Å². The summed E-state index contributed by atoms with van der Waals surface area (Å²) in [7, 11) is 0. The molecule has 24 heavy (non-hydrogen) atoms. The Kier molecular flexibility index (Phi) is 4.87. The molecule has 0 saturated heterocycles. The molecule has 0 spiro atoms. The van der Waals surface area contributed by atoms with E-state index in [1.165, 1.54) is 18.6 Å². The molecule has 128 valence electrons. The third-order valence-corrected chi connectivity index (χ3v) is 4.50. The second kappa shape index (κ2) is 7.07. The van der Waals surface area contributed by atoms with Gasteiger partial charge in [0.05, 0.1) is 12.2 Å². The number of aromatic nitrogens is 3. The summed E-state index contributed by atoms with van der Waals surface area (Å²) in [5.74, 6) is -1.80. The number of carbonyl (C=O) groups excluding carboxylic acids is 1. The largest absolute Gasteiger partial charge is 0.346 e. The quantitative estimate of drug-likeness (QED) is 0.933. The Morgan fingerprint density at radius 1 is 1.29 bits per heavy atom. The highest BCUT2D eigenvalue weighted by molar-refractivity contribution is 5.91. The van der Waals surface area contributed by atoms with Gasteiger partial charge in [0.15, 0.2) is 5.69 Å². The Balaban J connectivity index is 1.66. The second-order valence-electron chi connectivity index (χ2n) is 6.22. The summed E-state index contributed by atoms with van der Waals surface area (Å²) in [6.07, 6.45) is 7.20. The summed E-state index contributed by atoms with van der Waals surface area (Å²) in [6.45, 7) is 1.32. The summed E-state index contributed by atoms with van der Waals surface area (Å²) in [5.41, 5.74) is 0.348. The van der Waals surface area contributed by atoms with Crippen LogP contribution in [0.15, 0.2) is 18.3 Å². The molecule has 0 bridgehead atoms. The van der Waals surface area contributed by atoms with Crippen molar-refractivity contribution in [2.75, 3.05) is 0 Å². The van der Waals surface area contributed by atoms with E-state index in [4.69, 9.17) is 0 Å². The first-order valence-corrected chi connectivity index (χ1v) is 8.20. The highest BCUT2D eigenvalue weighted by Gasteiger charge is 2.19. The molecule has 0 atom stereocenters. The first-order valence-electron chi connectivity index (χ1n) is 8.20. The molecular formula is C17H20F2N4O. The molecule has 1 N–H and O–H groups in total. The molecule has 1 aromatic carbocycles. The highest BCUT2D eigenvalue weighted by atomic mass is 19.1. The van der Waals surface area contributed by atoms with Gasteiger partial charge in [-0.05, 0) is 31.4 Å². The van der Waals surface area contributed by atoms with Gasteiger partial charge in [-0.25, -0.2) is 13.5 Å². The molecule has 7 heteroatoms. The predicted octanol–water partition coefficient (Wildman–Crippen LogP) is 3.30. The van der Waals surface area contributed by atoms with E-state index < -0.39 is 17.5 Å². The van der Waals surface area contributed by atoms with Crippen molar-refractivity contribution in [1.82, 2.24) is 20.3 Å². The Bertz CT molecular complexity index is 738. The lowest BCUT2D eigenvalue weighted by molar-refractivity contribution is 0.0945. The number of rotatable bonds is 4. The van der Waals surface area contributed by atoms with Crippen molar-refractivity contribution in [3.05, 3.63) is 46.8 Å². The van der Waals surface area contributed by atoms with E-state index in [9.17, 15) is 13.6 Å². The van der Waals surface area contributed by atoms with E-state index in [1.807, 2.05) is 0 Å². The Hall–Kier alpha value is -2.31. The molecule has 0 aliphatic heterocycles. The van der Waals surface area contributed by atoms with Gasteiger partial charge >= 0.3 is 0 Å². The Morgan fingerprint density at radius 3 is 2.79 bits per heavy atom. The number of aryl methyl sites for hydroxylation is 1. The number of amides is 1. The van der Waals surface area contributed by atoms with Crippen LogP contribution < -0.4 is 5.32 Å². The lowest BCUT2D eigenvalue weighted by Crippen LogP contribution is -2.24. The van der Waals surface area contributed by atoms with Gasteiger partial charge in [-0.1, -0.05) is 30.5 Å². The summed E-state index contributed by atoms with van der Waals surface area (Å²) in [4.78, 5) is 12.1. The predicted molar refractivity (Wildman–Crippen MR) is 84.4 cm³/mol. The van der Waals surface area contributed by atoms with Crippen LogP contribution in [0.3, 0.4) is 0 Å². The summed E-state index contributed by atoms with van der Waals surface area (Å²) >= 11 is 0. The van der Waals surface area contributed by atoms with Crippen LogP contribution in [0.4, 0.5) is 8.78 Å². The van der Waals surface area contributed by atoms with E-state index in [2.05, 4.69) is 15.6 Å². The normalized spacial score (nSPS) is 15.5. The van der Waals surface area contributed by atoms with Gasteiger partial charge in [-0.3, -0.25) is 4.79 Å². The minimum Gasteiger partial charge on any atom is -0.346 e. The molecule has 1 fully saturated rings. The van der Waals surface area contributed by atoms with Crippen molar-refractivity contribution in [3.8, 4) is 0 Å². The van der Waals surface area contributed by atoms with Crippen LogP contribution in [0.5, 0.6) is 0 Å². The van der Waals surface area contributed by atoms with E-state index in [1.54, 1.807) is 17.8 Å². The maximum Gasteiger partial charge on any atom is 0.273 e. The standard InChI is InChI=1S/C17H20F2N4O/c1-11-7-8-14(18)13(16(11)19)9-20-17(24)15-10-23(22-21-15)12-5-3-2-4-6-12/h7-8,10,12H,2-6,9H2,1H3,(H,20,24). The van der Waals surface area contributed by atoms with Crippen LogP contribution in [-0.4, -0.2) is 20.9 Å². The first-order chi connectivity index (χ1) is 11.6. The number of hydrogen-bond donors (Lipinski definition) is 1. The number of hydrogen-bond acceptors (Lipinski definition) is 3. The van der Waals surface area contributed by atoms with Gasteiger partial charge in [0.2, 0.25) is 0 Å². The minimum atomic E-state index is -0.677.